The van der Waals surface area contributed by atoms with Crippen LogP contribution in [0.5, 0.6) is 11.5 Å². The van der Waals surface area contributed by atoms with Crippen molar-refractivity contribution in [2.24, 2.45) is 0 Å². The highest BCUT2D eigenvalue weighted by Crippen LogP contribution is 2.33. The molecule has 0 aromatic heterocycles. The predicted molar refractivity (Wildman–Crippen MR) is 105 cm³/mol. The molecule has 0 radical (unpaired) electrons. The number of nitrogens with one attached hydrogen (secondary N) is 2. The van der Waals surface area contributed by atoms with Gasteiger partial charge in [0.25, 0.3) is 5.91 Å². The third-order valence-electron chi connectivity index (χ3n) is 5.35. The minimum absolute atomic E-state index is 0.0697. The van der Waals surface area contributed by atoms with Gasteiger partial charge in [-0.1, -0.05) is 6.07 Å². The van der Waals surface area contributed by atoms with Crippen molar-refractivity contribution in [1.82, 2.24) is 20.4 Å². The number of imide groups is 1. The SMILES string of the molecule is O=C(CC1NC(=O)N(Cc2ccc3c(c2)OCO3)C1=O)NCCCN1CCOCC1. The summed E-state index contributed by atoms with van der Waals surface area (Å²) in [6, 6.07) is 3.94. The summed E-state index contributed by atoms with van der Waals surface area (Å²) in [7, 11) is 0. The fourth-order valence-electron chi connectivity index (χ4n) is 3.70. The number of benzene rings is 1. The molecule has 3 heterocycles. The van der Waals surface area contributed by atoms with Crippen molar-refractivity contribution in [2.45, 2.75) is 25.4 Å². The number of ether oxygens (including phenoxy) is 3. The van der Waals surface area contributed by atoms with Gasteiger partial charge in [-0.25, -0.2) is 4.79 Å². The van der Waals surface area contributed by atoms with Crippen molar-refractivity contribution in [3.8, 4) is 11.5 Å². The fourth-order valence-corrected chi connectivity index (χ4v) is 3.70. The molecule has 2 N–H and O–H groups in total. The van der Waals surface area contributed by atoms with Crippen LogP contribution < -0.4 is 20.1 Å². The fraction of sp³-hybridized carbons (Fsp3) is 0.550. The van der Waals surface area contributed by atoms with Crippen molar-refractivity contribution < 1.29 is 28.6 Å². The van der Waals surface area contributed by atoms with E-state index in [-0.39, 0.29) is 25.7 Å². The topological polar surface area (TPSA) is 109 Å². The molecule has 2 fully saturated rings. The highest BCUT2D eigenvalue weighted by Gasteiger charge is 2.39. The molecule has 0 aliphatic carbocycles. The molecule has 4 rings (SSSR count). The summed E-state index contributed by atoms with van der Waals surface area (Å²) >= 11 is 0. The third kappa shape index (κ3) is 4.82. The van der Waals surface area contributed by atoms with Crippen molar-refractivity contribution in [1.29, 1.82) is 0 Å². The van der Waals surface area contributed by atoms with Crippen molar-refractivity contribution >= 4 is 17.8 Å². The lowest BCUT2D eigenvalue weighted by Crippen LogP contribution is -2.39. The van der Waals surface area contributed by atoms with E-state index in [2.05, 4.69) is 15.5 Å². The van der Waals surface area contributed by atoms with E-state index in [0.717, 1.165) is 49.7 Å². The van der Waals surface area contributed by atoms with E-state index in [4.69, 9.17) is 14.2 Å². The molecule has 10 heteroatoms. The van der Waals surface area contributed by atoms with E-state index in [9.17, 15) is 14.4 Å². The van der Waals surface area contributed by atoms with Crippen LogP contribution in [-0.2, 0) is 20.9 Å². The molecule has 30 heavy (non-hydrogen) atoms. The van der Waals surface area contributed by atoms with Crippen LogP contribution in [0.2, 0.25) is 0 Å². The first-order chi connectivity index (χ1) is 14.6. The lowest BCUT2D eigenvalue weighted by atomic mass is 10.1. The lowest BCUT2D eigenvalue weighted by molar-refractivity contribution is -0.131. The van der Waals surface area contributed by atoms with Crippen molar-refractivity contribution in [3.63, 3.8) is 0 Å². The summed E-state index contributed by atoms with van der Waals surface area (Å²) in [4.78, 5) is 40.5. The minimum atomic E-state index is -0.842. The maximum Gasteiger partial charge on any atom is 0.325 e. The number of carbonyl (C=O) groups excluding carboxylic acids is 3. The summed E-state index contributed by atoms with van der Waals surface area (Å²) < 4.78 is 15.9. The molecule has 1 unspecified atom stereocenters. The molecular formula is C20H26N4O6. The quantitative estimate of drug-likeness (QED) is 0.454. The Bertz CT molecular complexity index is 810. The van der Waals surface area contributed by atoms with Gasteiger partial charge in [-0.05, 0) is 30.7 Å². The Hall–Kier alpha value is -2.85. The van der Waals surface area contributed by atoms with Crippen molar-refractivity contribution in [2.75, 3.05) is 46.2 Å². The standard InChI is InChI=1S/C20H26N4O6/c25-18(21-4-1-5-23-6-8-28-9-7-23)11-15-19(26)24(20(27)22-15)12-14-2-3-16-17(10-14)30-13-29-16/h2-3,10,15H,1,4-9,11-13H2,(H,21,25)(H,22,27). The van der Waals surface area contributed by atoms with Crippen LogP contribution >= 0.6 is 0 Å². The molecule has 10 nitrogen and oxygen atoms in total. The number of urea groups is 1. The van der Waals surface area contributed by atoms with Gasteiger partial charge in [0, 0.05) is 19.6 Å². The Kier molecular flexibility index (Phi) is 6.34. The van der Waals surface area contributed by atoms with Crippen LogP contribution in [0.15, 0.2) is 18.2 Å². The van der Waals surface area contributed by atoms with Crippen LogP contribution in [0.25, 0.3) is 0 Å². The van der Waals surface area contributed by atoms with Gasteiger partial charge in [0.2, 0.25) is 12.7 Å². The first-order valence-corrected chi connectivity index (χ1v) is 10.2. The zero-order valence-electron chi connectivity index (χ0n) is 16.7. The zero-order chi connectivity index (χ0) is 20.9. The smallest absolute Gasteiger partial charge is 0.325 e. The van der Waals surface area contributed by atoms with E-state index in [1.165, 1.54) is 0 Å². The van der Waals surface area contributed by atoms with E-state index >= 15 is 0 Å². The average Bonchev–Trinajstić information content (AvgIpc) is 3.32. The summed E-state index contributed by atoms with van der Waals surface area (Å²) in [5.41, 5.74) is 0.746. The van der Waals surface area contributed by atoms with Gasteiger partial charge < -0.3 is 24.8 Å². The van der Waals surface area contributed by atoms with Crippen LogP contribution in [0.3, 0.4) is 0 Å². The van der Waals surface area contributed by atoms with E-state index < -0.39 is 18.0 Å². The molecule has 0 spiro atoms. The third-order valence-corrected chi connectivity index (χ3v) is 5.35. The highest BCUT2D eigenvalue weighted by atomic mass is 16.7. The zero-order valence-corrected chi connectivity index (χ0v) is 16.7. The second-order valence-electron chi connectivity index (χ2n) is 7.48. The molecule has 1 atom stereocenters. The second kappa shape index (κ2) is 9.31. The molecule has 0 bridgehead atoms. The number of rotatable bonds is 8. The minimum Gasteiger partial charge on any atom is -0.454 e. The van der Waals surface area contributed by atoms with Crippen LogP contribution in [-0.4, -0.2) is 79.9 Å². The van der Waals surface area contributed by atoms with E-state index in [0.29, 0.717) is 18.0 Å². The normalized spacial score (nSPS) is 21.1. The molecule has 1 aromatic rings. The number of amides is 4. The number of morpholine rings is 1. The lowest BCUT2D eigenvalue weighted by Gasteiger charge is -2.26. The molecule has 0 saturated carbocycles. The molecule has 1 aromatic carbocycles. The molecule has 162 valence electrons. The van der Waals surface area contributed by atoms with Gasteiger partial charge >= 0.3 is 6.03 Å². The molecule has 2 saturated heterocycles. The number of carbonyl (C=O) groups is 3. The molecule has 3 aliphatic heterocycles. The first kappa shape index (κ1) is 20.4. The van der Waals surface area contributed by atoms with Crippen LogP contribution in [0.1, 0.15) is 18.4 Å². The van der Waals surface area contributed by atoms with E-state index in [1.807, 2.05) is 0 Å². The van der Waals surface area contributed by atoms with Gasteiger partial charge in [-0.3, -0.25) is 19.4 Å². The van der Waals surface area contributed by atoms with Gasteiger partial charge in [0.15, 0.2) is 11.5 Å². The van der Waals surface area contributed by atoms with Gasteiger partial charge in [0.05, 0.1) is 26.2 Å². The van der Waals surface area contributed by atoms with Gasteiger partial charge in [-0.15, -0.1) is 0 Å². The number of hydrogen-bond donors (Lipinski definition) is 2. The number of nitrogens with zero attached hydrogens (tertiary/aromatic N) is 2. The first-order valence-electron chi connectivity index (χ1n) is 10.2. The Morgan fingerprint density at radius 2 is 1.97 bits per heavy atom. The molecule has 4 amide bonds. The number of hydrogen-bond acceptors (Lipinski definition) is 7. The average molecular weight is 418 g/mol. The maximum absolute atomic E-state index is 12.6. The van der Waals surface area contributed by atoms with Gasteiger partial charge in [0.1, 0.15) is 6.04 Å². The summed E-state index contributed by atoms with van der Waals surface area (Å²) in [6.07, 6.45) is 0.757. The summed E-state index contributed by atoms with van der Waals surface area (Å²) in [5, 5.41) is 5.43. The monoisotopic (exact) mass is 418 g/mol. The van der Waals surface area contributed by atoms with Gasteiger partial charge in [-0.2, -0.15) is 0 Å². The molecule has 3 aliphatic rings. The predicted octanol–water partition coefficient (Wildman–Crippen LogP) is 0.0643. The van der Waals surface area contributed by atoms with E-state index in [1.54, 1.807) is 18.2 Å². The summed E-state index contributed by atoms with van der Waals surface area (Å²) in [6.45, 7) is 5.02. The van der Waals surface area contributed by atoms with Crippen LogP contribution in [0, 0.1) is 0 Å². The van der Waals surface area contributed by atoms with Crippen LogP contribution in [0.4, 0.5) is 4.79 Å². The maximum atomic E-state index is 12.6. The van der Waals surface area contributed by atoms with Crippen molar-refractivity contribution in [3.05, 3.63) is 23.8 Å². The Balaban J connectivity index is 1.22. The molecular weight excluding hydrogens is 392 g/mol. The Morgan fingerprint density at radius 1 is 1.17 bits per heavy atom. The Morgan fingerprint density at radius 3 is 2.80 bits per heavy atom. The highest BCUT2D eigenvalue weighted by molar-refractivity contribution is 6.05. The largest absolute Gasteiger partial charge is 0.454 e. The number of fused-ring (bicyclic) bond motifs is 1. The Labute approximate surface area is 174 Å². The summed E-state index contributed by atoms with van der Waals surface area (Å²) in [5.74, 6) is 0.577. The second-order valence-corrected chi connectivity index (χ2v) is 7.48.